The molecule has 0 aliphatic carbocycles. The first-order valence-corrected chi connectivity index (χ1v) is 6.95. The molecule has 0 amide bonds. The summed E-state index contributed by atoms with van der Waals surface area (Å²) in [5.41, 5.74) is 6.95. The van der Waals surface area contributed by atoms with E-state index in [2.05, 4.69) is 10.2 Å². The SMILES string of the molecule is COc1ccc(C(C)=O)cc1CSc1nnc(CN)o1. The normalized spacial score (nSPS) is 10.6. The number of ketones is 1. The number of thioether (sulfide) groups is 1. The van der Waals surface area contributed by atoms with Crippen molar-refractivity contribution in [1.29, 1.82) is 0 Å². The van der Waals surface area contributed by atoms with Crippen molar-refractivity contribution in [2.45, 2.75) is 24.4 Å². The van der Waals surface area contributed by atoms with Crippen LogP contribution in [0.4, 0.5) is 0 Å². The average Bonchev–Trinajstić information content (AvgIpc) is 2.92. The third kappa shape index (κ3) is 3.37. The second-order valence-electron chi connectivity index (χ2n) is 4.04. The van der Waals surface area contributed by atoms with E-state index < -0.39 is 0 Å². The third-order valence-corrected chi connectivity index (χ3v) is 3.53. The smallest absolute Gasteiger partial charge is 0.276 e. The Bertz CT molecular complexity index is 613. The largest absolute Gasteiger partial charge is 0.496 e. The lowest BCUT2D eigenvalue weighted by Crippen LogP contribution is -1.97. The van der Waals surface area contributed by atoms with Gasteiger partial charge in [-0.1, -0.05) is 11.8 Å². The number of aromatic nitrogens is 2. The molecule has 0 aliphatic heterocycles. The average molecular weight is 293 g/mol. The molecule has 0 bridgehead atoms. The van der Waals surface area contributed by atoms with Crippen molar-refractivity contribution < 1.29 is 13.9 Å². The first kappa shape index (κ1) is 14.5. The number of ether oxygens (including phenoxy) is 1. The maximum absolute atomic E-state index is 11.4. The lowest BCUT2D eigenvalue weighted by atomic mass is 10.1. The topological polar surface area (TPSA) is 91.2 Å². The zero-order valence-electron chi connectivity index (χ0n) is 11.3. The van der Waals surface area contributed by atoms with Gasteiger partial charge in [-0.05, 0) is 25.1 Å². The Labute approximate surface area is 120 Å². The van der Waals surface area contributed by atoms with Gasteiger partial charge in [-0.3, -0.25) is 4.79 Å². The zero-order chi connectivity index (χ0) is 14.5. The predicted molar refractivity (Wildman–Crippen MR) is 74.7 cm³/mol. The second kappa shape index (κ2) is 6.53. The number of nitrogens with two attached hydrogens (primary N) is 1. The minimum Gasteiger partial charge on any atom is -0.496 e. The molecular formula is C13H15N3O3S. The van der Waals surface area contributed by atoms with Gasteiger partial charge >= 0.3 is 0 Å². The van der Waals surface area contributed by atoms with Gasteiger partial charge in [0.2, 0.25) is 5.89 Å². The second-order valence-corrected chi connectivity index (χ2v) is 4.96. The molecule has 0 fully saturated rings. The van der Waals surface area contributed by atoms with Gasteiger partial charge in [0, 0.05) is 16.9 Å². The molecule has 106 valence electrons. The van der Waals surface area contributed by atoms with Crippen LogP contribution in [-0.2, 0) is 12.3 Å². The molecule has 0 unspecified atom stereocenters. The van der Waals surface area contributed by atoms with E-state index in [1.165, 1.54) is 18.7 Å². The van der Waals surface area contributed by atoms with Crippen LogP contribution < -0.4 is 10.5 Å². The highest BCUT2D eigenvalue weighted by Gasteiger charge is 2.10. The van der Waals surface area contributed by atoms with Crippen molar-refractivity contribution in [2.24, 2.45) is 5.73 Å². The standard InChI is InChI=1S/C13H15N3O3S/c1-8(17)9-3-4-11(18-2)10(5-9)7-20-13-16-15-12(6-14)19-13/h3-5H,6-7,14H2,1-2H3. The van der Waals surface area contributed by atoms with Crippen LogP contribution in [0.5, 0.6) is 5.75 Å². The Morgan fingerprint density at radius 2 is 2.25 bits per heavy atom. The molecule has 6 nitrogen and oxygen atoms in total. The highest BCUT2D eigenvalue weighted by molar-refractivity contribution is 7.98. The fourth-order valence-electron chi connectivity index (χ4n) is 1.63. The number of hydrogen-bond donors (Lipinski definition) is 1. The molecule has 2 aromatic rings. The van der Waals surface area contributed by atoms with E-state index >= 15 is 0 Å². The van der Waals surface area contributed by atoms with Crippen molar-refractivity contribution in [3.63, 3.8) is 0 Å². The summed E-state index contributed by atoms with van der Waals surface area (Å²) >= 11 is 1.37. The van der Waals surface area contributed by atoms with Crippen LogP contribution in [0.25, 0.3) is 0 Å². The van der Waals surface area contributed by atoms with Crippen molar-refractivity contribution >= 4 is 17.5 Å². The van der Waals surface area contributed by atoms with Gasteiger partial charge in [0.05, 0.1) is 13.7 Å². The first-order valence-electron chi connectivity index (χ1n) is 5.97. The van der Waals surface area contributed by atoms with E-state index in [4.69, 9.17) is 14.9 Å². The maximum atomic E-state index is 11.4. The molecule has 1 aromatic carbocycles. The Kier molecular flexibility index (Phi) is 4.75. The molecule has 7 heteroatoms. The van der Waals surface area contributed by atoms with E-state index in [1.807, 2.05) is 6.07 Å². The number of carbonyl (C=O) groups excluding carboxylic acids is 1. The van der Waals surface area contributed by atoms with E-state index in [1.54, 1.807) is 19.2 Å². The number of hydrogen-bond acceptors (Lipinski definition) is 7. The summed E-state index contributed by atoms with van der Waals surface area (Å²) in [6.07, 6.45) is 0. The lowest BCUT2D eigenvalue weighted by Gasteiger charge is -2.08. The minimum atomic E-state index is 0.0158. The van der Waals surface area contributed by atoms with E-state index in [-0.39, 0.29) is 12.3 Å². The number of nitrogens with zero attached hydrogens (tertiary/aromatic N) is 2. The molecule has 1 heterocycles. The molecule has 1 aromatic heterocycles. The zero-order valence-corrected chi connectivity index (χ0v) is 12.1. The van der Waals surface area contributed by atoms with Crippen LogP contribution in [-0.4, -0.2) is 23.1 Å². The summed E-state index contributed by atoms with van der Waals surface area (Å²) in [5.74, 6) is 1.70. The summed E-state index contributed by atoms with van der Waals surface area (Å²) in [6.45, 7) is 1.75. The summed E-state index contributed by atoms with van der Waals surface area (Å²) in [4.78, 5) is 11.4. The van der Waals surface area contributed by atoms with Crippen LogP contribution in [0.1, 0.15) is 28.7 Å². The highest BCUT2D eigenvalue weighted by Crippen LogP contribution is 2.28. The molecule has 0 saturated heterocycles. The monoisotopic (exact) mass is 293 g/mol. The molecule has 20 heavy (non-hydrogen) atoms. The molecule has 0 spiro atoms. The molecule has 2 rings (SSSR count). The predicted octanol–water partition coefficient (Wildman–Crippen LogP) is 2.03. The van der Waals surface area contributed by atoms with Crippen LogP contribution in [0.3, 0.4) is 0 Å². The van der Waals surface area contributed by atoms with Crippen LogP contribution >= 0.6 is 11.8 Å². The van der Waals surface area contributed by atoms with E-state index in [0.717, 1.165) is 11.3 Å². The van der Waals surface area contributed by atoms with Crippen molar-refractivity contribution in [3.8, 4) is 5.75 Å². The third-order valence-electron chi connectivity index (χ3n) is 2.66. The van der Waals surface area contributed by atoms with Gasteiger partial charge in [-0.2, -0.15) is 0 Å². The molecule has 0 saturated carbocycles. The van der Waals surface area contributed by atoms with Gasteiger partial charge in [0.1, 0.15) is 5.75 Å². The fraction of sp³-hybridized carbons (Fsp3) is 0.308. The van der Waals surface area contributed by atoms with E-state index in [9.17, 15) is 4.79 Å². The Balaban J connectivity index is 2.14. The number of carbonyl (C=O) groups is 1. The number of methoxy groups -OCH3 is 1. The van der Waals surface area contributed by atoms with Gasteiger partial charge in [-0.25, -0.2) is 0 Å². The van der Waals surface area contributed by atoms with Gasteiger partial charge in [-0.15, -0.1) is 10.2 Å². The van der Waals surface area contributed by atoms with Gasteiger partial charge in [0.25, 0.3) is 5.22 Å². The molecule has 2 N–H and O–H groups in total. The van der Waals surface area contributed by atoms with E-state index in [0.29, 0.717) is 22.4 Å². The van der Waals surface area contributed by atoms with Crippen molar-refractivity contribution in [2.75, 3.05) is 7.11 Å². The van der Waals surface area contributed by atoms with Gasteiger partial charge < -0.3 is 14.9 Å². The summed E-state index contributed by atoms with van der Waals surface area (Å²) in [7, 11) is 1.59. The minimum absolute atomic E-state index is 0.0158. The van der Waals surface area contributed by atoms with Crippen molar-refractivity contribution in [1.82, 2.24) is 10.2 Å². The molecule has 0 aliphatic rings. The Hall–Kier alpha value is -1.86. The van der Waals surface area contributed by atoms with Crippen LogP contribution in [0.15, 0.2) is 27.8 Å². The molecule has 0 atom stereocenters. The number of rotatable bonds is 6. The Morgan fingerprint density at radius 3 is 2.85 bits per heavy atom. The molecular weight excluding hydrogens is 278 g/mol. The van der Waals surface area contributed by atoms with Crippen LogP contribution in [0, 0.1) is 0 Å². The fourth-order valence-corrected chi connectivity index (χ4v) is 2.39. The number of benzene rings is 1. The molecule has 0 radical (unpaired) electrons. The highest BCUT2D eigenvalue weighted by atomic mass is 32.2. The lowest BCUT2D eigenvalue weighted by molar-refractivity contribution is 0.101. The van der Waals surface area contributed by atoms with Crippen LogP contribution in [0.2, 0.25) is 0 Å². The van der Waals surface area contributed by atoms with Gasteiger partial charge in [0.15, 0.2) is 5.78 Å². The quantitative estimate of drug-likeness (QED) is 0.643. The van der Waals surface area contributed by atoms with Crippen molar-refractivity contribution in [3.05, 3.63) is 35.2 Å². The summed E-state index contributed by atoms with van der Waals surface area (Å²) < 4.78 is 10.6. The maximum Gasteiger partial charge on any atom is 0.276 e. The Morgan fingerprint density at radius 1 is 1.45 bits per heavy atom. The first-order chi connectivity index (χ1) is 9.63. The summed E-state index contributed by atoms with van der Waals surface area (Å²) in [6, 6.07) is 5.34. The number of Topliss-reactive ketones (excluding diaryl/α,β-unsaturated/α-hetero) is 1. The summed E-state index contributed by atoms with van der Waals surface area (Å²) in [5, 5.41) is 8.11.